The number of fused-ring (bicyclic) bond motifs is 1. The quantitative estimate of drug-likeness (QED) is 0.561. The highest BCUT2D eigenvalue weighted by Gasteiger charge is 2.26. The summed E-state index contributed by atoms with van der Waals surface area (Å²) >= 11 is 1.60. The third-order valence-electron chi connectivity index (χ3n) is 5.43. The van der Waals surface area contributed by atoms with Crippen molar-refractivity contribution in [3.8, 4) is 5.75 Å². The highest BCUT2D eigenvalue weighted by Crippen LogP contribution is 2.30. The lowest BCUT2D eigenvalue weighted by Gasteiger charge is -2.22. The number of ether oxygens (including phenoxy) is 1. The van der Waals surface area contributed by atoms with Gasteiger partial charge >= 0.3 is 0 Å². The SMILES string of the molecule is CNCC[C@H](Oc1ccc(CN2CCN(C)c3ncncc3C2=O)cc1F)c1cccs1. The lowest BCUT2D eigenvalue weighted by Crippen LogP contribution is -2.33. The summed E-state index contributed by atoms with van der Waals surface area (Å²) in [6.45, 7) is 2.20. The number of carbonyl (C=O) groups is 1. The number of amides is 1. The Balaban J connectivity index is 1.49. The Labute approximate surface area is 190 Å². The van der Waals surface area contributed by atoms with Crippen LogP contribution in [0.15, 0.2) is 48.2 Å². The van der Waals surface area contributed by atoms with E-state index in [9.17, 15) is 9.18 Å². The zero-order valence-electron chi connectivity index (χ0n) is 18.1. The Kier molecular flexibility index (Phi) is 6.96. The van der Waals surface area contributed by atoms with Crippen molar-refractivity contribution in [2.24, 2.45) is 0 Å². The van der Waals surface area contributed by atoms with Gasteiger partial charge in [-0.25, -0.2) is 14.4 Å². The van der Waals surface area contributed by atoms with Gasteiger partial charge in [-0.1, -0.05) is 12.1 Å². The first kappa shape index (κ1) is 22.2. The van der Waals surface area contributed by atoms with Gasteiger partial charge in [0.1, 0.15) is 23.8 Å². The summed E-state index contributed by atoms with van der Waals surface area (Å²) in [5.41, 5.74) is 1.16. The Bertz CT molecular complexity index is 1060. The summed E-state index contributed by atoms with van der Waals surface area (Å²) < 4.78 is 21.0. The minimum atomic E-state index is -0.434. The number of nitrogens with one attached hydrogen (secondary N) is 1. The first-order valence-electron chi connectivity index (χ1n) is 10.5. The molecule has 1 atom stereocenters. The normalized spacial score (nSPS) is 14.8. The predicted molar refractivity (Wildman–Crippen MR) is 123 cm³/mol. The fraction of sp³-hybridized carbons (Fsp3) is 0.348. The van der Waals surface area contributed by atoms with Crippen molar-refractivity contribution >= 4 is 23.1 Å². The van der Waals surface area contributed by atoms with E-state index in [0.29, 0.717) is 36.6 Å². The molecule has 1 aliphatic heterocycles. The molecule has 3 heterocycles. The summed E-state index contributed by atoms with van der Waals surface area (Å²) in [6, 6.07) is 8.88. The zero-order chi connectivity index (χ0) is 22.5. The van der Waals surface area contributed by atoms with E-state index in [1.165, 1.54) is 18.6 Å². The summed E-state index contributed by atoms with van der Waals surface area (Å²) in [4.78, 5) is 25.9. The Hall–Kier alpha value is -3.04. The Morgan fingerprint density at radius 2 is 2.19 bits per heavy atom. The number of anilines is 1. The van der Waals surface area contributed by atoms with Crippen LogP contribution in [0.5, 0.6) is 5.75 Å². The number of hydrogen-bond donors (Lipinski definition) is 1. The summed E-state index contributed by atoms with van der Waals surface area (Å²) in [7, 11) is 3.78. The first-order valence-corrected chi connectivity index (χ1v) is 11.4. The maximum absolute atomic E-state index is 14.9. The van der Waals surface area contributed by atoms with E-state index in [4.69, 9.17) is 4.74 Å². The topological polar surface area (TPSA) is 70.6 Å². The highest BCUT2D eigenvalue weighted by molar-refractivity contribution is 7.10. The predicted octanol–water partition coefficient (Wildman–Crippen LogP) is 3.50. The van der Waals surface area contributed by atoms with Crippen molar-refractivity contribution in [3.63, 3.8) is 0 Å². The van der Waals surface area contributed by atoms with Crippen molar-refractivity contribution in [2.45, 2.75) is 19.1 Å². The number of carbonyl (C=O) groups excluding carboxylic acids is 1. The average Bonchev–Trinajstić information content (AvgIpc) is 3.31. The molecule has 0 unspecified atom stereocenters. The molecule has 32 heavy (non-hydrogen) atoms. The zero-order valence-corrected chi connectivity index (χ0v) is 18.9. The van der Waals surface area contributed by atoms with Crippen LogP contribution in [-0.2, 0) is 6.54 Å². The van der Waals surface area contributed by atoms with Gasteiger partial charge in [-0.15, -0.1) is 11.3 Å². The molecule has 0 aliphatic carbocycles. The number of nitrogens with zero attached hydrogens (tertiary/aromatic N) is 4. The van der Waals surface area contributed by atoms with Gasteiger partial charge in [0.15, 0.2) is 11.6 Å². The molecule has 0 saturated heterocycles. The minimum absolute atomic E-state index is 0.157. The largest absolute Gasteiger partial charge is 0.482 e. The van der Waals surface area contributed by atoms with E-state index < -0.39 is 5.82 Å². The van der Waals surface area contributed by atoms with Crippen LogP contribution >= 0.6 is 11.3 Å². The second-order valence-corrected chi connectivity index (χ2v) is 8.67. The van der Waals surface area contributed by atoms with Gasteiger partial charge in [0.25, 0.3) is 5.91 Å². The Morgan fingerprint density at radius 1 is 1.31 bits per heavy atom. The third kappa shape index (κ3) is 4.89. The second kappa shape index (κ2) is 10.1. The van der Waals surface area contributed by atoms with Crippen molar-refractivity contribution in [3.05, 3.63) is 70.1 Å². The van der Waals surface area contributed by atoms with Crippen LogP contribution in [0.2, 0.25) is 0 Å². The van der Waals surface area contributed by atoms with Crippen LogP contribution < -0.4 is 15.0 Å². The molecule has 1 N–H and O–H groups in total. The molecular formula is C23H26FN5O2S. The number of halogens is 1. The number of thiophene rings is 1. The lowest BCUT2D eigenvalue weighted by molar-refractivity contribution is 0.0754. The van der Waals surface area contributed by atoms with Crippen LogP contribution in [0.25, 0.3) is 0 Å². The fourth-order valence-corrected chi connectivity index (χ4v) is 4.49. The second-order valence-electron chi connectivity index (χ2n) is 7.69. The van der Waals surface area contributed by atoms with Crippen LogP contribution in [0.4, 0.5) is 10.2 Å². The Morgan fingerprint density at radius 3 is 2.94 bits per heavy atom. The number of likely N-dealkylation sites (N-methyl/N-ethyl adjacent to an activating group) is 1. The number of aromatic nitrogens is 2. The van der Waals surface area contributed by atoms with Crippen molar-refractivity contribution in [2.75, 3.05) is 38.6 Å². The molecule has 0 bridgehead atoms. The molecule has 7 nitrogen and oxygen atoms in total. The van der Waals surface area contributed by atoms with E-state index in [1.807, 2.05) is 42.6 Å². The fourth-order valence-electron chi connectivity index (χ4n) is 3.70. The summed E-state index contributed by atoms with van der Waals surface area (Å²) in [5, 5.41) is 5.11. The van der Waals surface area contributed by atoms with Gasteiger partial charge in [0, 0.05) is 44.2 Å². The molecule has 2 aromatic heterocycles. The van der Waals surface area contributed by atoms with Crippen LogP contribution in [-0.4, -0.2) is 54.5 Å². The van der Waals surface area contributed by atoms with E-state index in [2.05, 4.69) is 15.3 Å². The molecule has 4 rings (SSSR count). The van der Waals surface area contributed by atoms with Crippen LogP contribution in [0, 0.1) is 5.82 Å². The monoisotopic (exact) mass is 455 g/mol. The molecule has 1 aliphatic rings. The summed E-state index contributed by atoms with van der Waals surface area (Å²) in [6.07, 6.45) is 3.48. The molecule has 1 aromatic carbocycles. The molecule has 9 heteroatoms. The molecule has 1 amide bonds. The summed E-state index contributed by atoms with van der Waals surface area (Å²) in [5.74, 6) is 0.236. The van der Waals surface area contributed by atoms with Gasteiger partial charge in [0.2, 0.25) is 0 Å². The van der Waals surface area contributed by atoms with E-state index in [-0.39, 0.29) is 17.8 Å². The number of benzene rings is 1. The first-order chi connectivity index (χ1) is 15.6. The highest BCUT2D eigenvalue weighted by atomic mass is 32.1. The van der Waals surface area contributed by atoms with E-state index in [1.54, 1.807) is 22.3 Å². The lowest BCUT2D eigenvalue weighted by atomic mass is 10.1. The maximum atomic E-state index is 14.9. The van der Waals surface area contributed by atoms with E-state index >= 15 is 0 Å². The third-order valence-corrected chi connectivity index (χ3v) is 6.40. The minimum Gasteiger partial charge on any atom is -0.482 e. The van der Waals surface area contributed by atoms with Crippen molar-refractivity contribution in [1.29, 1.82) is 0 Å². The van der Waals surface area contributed by atoms with Crippen molar-refractivity contribution < 1.29 is 13.9 Å². The number of rotatable bonds is 8. The molecule has 168 valence electrons. The maximum Gasteiger partial charge on any atom is 0.259 e. The van der Waals surface area contributed by atoms with Gasteiger partial charge in [-0.3, -0.25) is 4.79 Å². The smallest absolute Gasteiger partial charge is 0.259 e. The van der Waals surface area contributed by atoms with Gasteiger partial charge < -0.3 is 19.9 Å². The number of hydrogen-bond acceptors (Lipinski definition) is 7. The standard InChI is InChI=1S/C23H26FN5O2S/c1-25-8-7-20(21-4-3-11-32-21)31-19-6-5-16(12-18(19)24)14-29-10-9-28(2)22-17(23(29)30)13-26-15-27-22/h3-6,11-13,15,20,25H,7-10,14H2,1-2H3/t20-/m0/s1. The molecule has 0 fully saturated rings. The van der Waals surface area contributed by atoms with Gasteiger partial charge in [0.05, 0.1) is 0 Å². The molecule has 0 saturated carbocycles. The van der Waals surface area contributed by atoms with E-state index in [0.717, 1.165) is 17.8 Å². The van der Waals surface area contributed by atoms with Crippen LogP contribution in [0.3, 0.4) is 0 Å². The van der Waals surface area contributed by atoms with Crippen molar-refractivity contribution in [1.82, 2.24) is 20.2 Å². The molecular weight excluding hydrogens is 429 g/mol. The van der Waals surface area contributed by atoms with Crippen LogP contribution in [0.1, 0.15) is 33.3 Å². The van der Waals surface area contributed by atoms with Gasteiger partial charge in [-0.05, 0) is 42.7 Å². The average molecular weight is 456 g/mol. The molecule has 0 radical (unpaired) electrons. The van der Waals surface area contributed by atoms with Gasteiger partial charge in [-0.2, -0.15) is 0 Å². The molecule has 3 aromatic rings. The molecule has 0 spiro atoms.